The largest absolute Gasteiger partial charge is 0.379 e. The van der Waals surface area contributed by atoms with Crippen LogP contribution in [0.2, 0.25) is 0 Å². The van der Waals surface area contributed by atoms with Gasteiger partial charge < -0.3 is 10.6 Å². The molecule has 0 bridgehead atoms. The fourth-order valence-corrected chi connectivity index (χ4v) is 1.33. The van der Waals surface area contributed by atoms with E-state index in [1.54, 1.807) is 24.5 Å². The molecule has 0 aromatic carbocycles. The van der Waals surface area contributed by atoms with Gasteiger partial charge >= 0.3 is 0 Å². The topological polar surface area (TPSA) is 54.0 Å². The van der Waals surface area contributed by atoms with Gasteiger partial charge in [-0.25, -0.2) is 0 Å². The van der Waals surface area contributed by atoms with E-state index in [-0.39, 0.29) is 11.4 Å². The Hall–Kier alpha value is -1.84. The minimum absolute atomic E-state index is 0.0576. The fourth-order valence-electron chi connectivity index (χ4n) is 1.33. The van der Waals surface area contributed by atoms with Crippen LogP contribution in [0, 0.1) is 0 Å². The Morgan fingerprint density at radius 1 is 1.47 bits per heavy atom. The standard InChI is InChI=1S/C13H19N3O/c1-5-6-15-12(17)10-7-11(9-14-8-10)16-13(2,3)4/h5,7-9,16H,1,6H2,2-4H3,(H,15,17). The lowest BCUT2D eigenvalue weighted by Gasteiger charge is -2.22. The van der Waals surface area contributed by atoms with E-state index >= 15 is 0 Å². The van der Waals surface area contributed by atoms with Crippen molar-refractivity contribution in [3.8, 4) is 0 Å². The van der Waals surface area contributed by atoms with Crippen LogP contribution in [-0.4, -0.2) is 23.0 Å². The van der Waals surface area contributed by atoms with Crippen molar-refractivity contribution in [2.75, 3.05) is 11.9 Å². The molecule has 1 rings (SSSR count). The van der Waals surface area contributed by atoms with E-state index in [4.69, 9.17) is 0 Å². The molecule has 0 aliphatic carbocycles. The van der Waals surface area contributed by atoms with Crippen LogP contribution >= 0.6 is 0 Å². The third-order valence-corrected chi connectivity index (χ3v) is 1.93. The highest BCUT2D eigenvalue weighted by molar-refractivity contribution is 5.94. The third-order valence-electron chi connectivity index (χ3n) is 1.93. The van der Waals surface area contributed by atoms with Crippen molar-refractivity contribution in [2.45, 2.75) is 26.3 Å². The molecule has 0 saturated heterocycles. The number of anilines is 1. The first-order chi connectivity index (χ1) is 7.92. The van der Waals surface area contributed by atoms with E-state index in [1.165, 1.54) is 0 Å². The van der Waals surface area contributed by atoms with Crippen LogP contribution in [0.25, 0.3) is 0 Å². The molecule has 0 atom stereocenters. The van der Waals surface area contributed by atoms with Crippen molar-refractivity contribution < 1.29 is 4.79 Å². The maximum absolute atomic E-state index is 11.7. The average Bonchev–Trinajstić information content (AvgIpc) is 2.24. The van der Waals surface area contributed by atoms with Gasteiger partial charge in [-0.2, -0.15) is 0 Å². The molecular formula is C13H19N3O. The molecule has 0 unspecified atom stereocenters. The molecule has 1 amide bonds. The Balaban J connectivity index is 2.78. The summed E-state index contributed by atoms with van der Waals surface area (Å²) in [5.74, 6) is -0.144. The van der Waals surface area contributed by atoms with Crippen LogP contribution in [0.15, 0.2) is 31.1 Å². The van der Waals surface area contributed by atoms with E-state index in [0.29, 0.717) is 12.1 Å². The highest BCUT2D eigenvalue weighted by atomic mass is 16.1. The Morgan fingerprint density at radius 3 is 2.76 bits per heavy atom. The van der Waals surface area contributed by atoms with Gasteiger partial charge in [0.2, 0.25) is 0 Å². The molecule has 4 heteroatoms. The quantitative estimate of drug-likeness (QED) is 0.784. The van der Waals surface area contributed by atoms with Crippen LogP contribution in [0.4, 0.5) is 5.69 Å². The van der Waals surface area contributed by atoms with Gasteiger partial charge in [-0.1, -0.05) is 6.08 Å². The SMILES string of the molecule is C=CCNC(=O)c1cncc(NC(C)(C)C)c1. The lowest BCUT2D eigenvalue weighted by molar-refractivity contribution is 0.0957. The number of amides is 1. The van der Waals surface area contributed by atoms with Crippen molar-refractivity contribution in [1.29, 1.82) is 0 Å². The minimum Gasteiger partial charge on any atom is -0.379 e. The second-order valence-corrected chi connectivity index (χ2v) is 4.84. The number of aromatic nitrogens is 1. The lowest BCUT2D eigenvalue weighted by atomic mass is 10.1. The monoisotopic (exact) mass is 233 g/mol. The number of carbonyl (C=O) groups is 1. The molecule has 92 valence electrons. The predicted molar refractivity (Wildman–Crippen MR) is 70.1 cm³/mol. The number of nitrogens with zero attached hydrogens (tertiary/aromatic N) is 1. The summed E-state index contributed by atoms with van der Waals surface area (Å²) < 4.78 is 0. The van der Waals surface area contributed by atoms with Crippen molar-refractivity contribution >= 4 is 11.6 Å². The highest BCUT2D eigenvalue weighted by Crippen LogP contribution is 2.14. The first-order valence-corrected chi connectivity index (χ1v) is 5.55. The van der Waals surface area contributed by atoms with Crippen LogP contribution in [-0.2, 0) is 0 Å². The maximum atomic E-state index is 11.7. The van der Waals surface area contributed by atoms with Gasteiger partial charge in [0, 0.05) is 24.5 Å². The number of carbonyl (C=O) groups excluding carboxylic acids is 1. The van der Waals surface area contributed by atoms with E-state index in [0.717, 1.165) is 5.69 Å². The highest BCUT2D eigenvalue weighted by Gasteiger charge is 2.11. The van der Waals surface area contributed by atoms with E-state index < -0.39 is 0 Å². The zero-order chi connectivity index (χ0) is 12.9. The Kier molecular flexibility index (Phi) is 4.26. The summed E-state index contributed by atoms with van der Waals surface area (Å²) in [6, 6.07) is 1.79. The van der Waals surface area contributed by atoms with Crippen LogP contribution < -0.4 is 10.6 Å². The molecule has 17 heavy (non-hydrogen) atoms. The zero-order valence-electron chi connectivity index (χ0n) is 10.6. The number of pyridine rings is 1. The second-order valence-electron chi connectivity index (χ2n) is 4.84. The average molecular weight is 233 g/mol. The molecule has 0 radical (unpaired) electrons. The van der Waals surface area contributed by atoms with Crippen molar-refractivity contribution in [3.63, 3.8) is 0 Å². The fraction of sp³-hybridized carbons (Fsp3) is 0.385. The molecule has 1 heterocycles. The van der Waals surface area contributed by atoms with Gasteiger partial charge in [-0.3, -0.25) is 9.78 Å². The summed E-state index contributed by atoms with van der Waals surface area (Å²) in [5, 5.41) is 5.98. The zero-order valence-corrected chi connectivity index (χ0v) is 10.6. The van der Waals surface area contributed by atoms with Crippen LogP contribution in [0.3, 0.4) is 0 Å². The van der Waals surface area contributed by atoms with E-state index in [9.17, 15) is 4.79 Å². The van der Waals surface area contributed by atoms with Crippen molar-refractivity contribution in [1.82, 2.24) is 10.3 Å². The number of hydrogen-bond acceptors (Lipinski definition) is 3. The summed E-state index contributed by atoms with van der Waals surface area (Å²) >= 11 is 0. The smallest absolute Gasteiger partial charge is 0.253 e. The molecule has 0 aliphatic heterocycles. The van der Waals surface area contributed by atoms with Crippen molar-refractivity contribution in [2.24, 2.45) is 0 Å². The maximum Gasteiger partial charge on any atom is 0.253 e. The third kappa shape index (κ3) is 4.68. The van der Waals surface area contributed by atoms with Gasteiger partial charge in [-0.05, 0) is 26.8 Å². The van der Waals surface area contributed by atoms with Gasteiger partial charge in [0.25, 0.3) is 5.91 Å². The van der Waals surface area contributed by atoms with Crippen LogP contribution in [0.5, 0.6) is 0 Å². The molecular weight excluding hydrogens is 214 g/mol. The molecule has 0 aliphatic rings. The molecule has 2 N–H and O–H groups in total. The van der Waals surface area contributed by atoms with E-state index in [2.05, 4.69) is 43.0 Å². The molecule has 1 aromatic rings. The number of rotatable bonds is 4. The Labute approximate surface area is 102 Å². The van der Waals surface area contributed by atoms with Gasteiger partial charge in [0.15, 0.2) is 0 Å². The normalized spacial score (nSPS) is 10.8. The molecule has 0 spiro atoms. The summed E-state index contributed by atoms with van der Waals surface area (Å²) in [6.07, 6.45) is 4.89. The Morgan fingerprint density at radius 2 is 2.18 bits per heavy atom. The molecule has 4 nitrogen and oxygen atoms in total. The summed E-state index contributed by atoms with van der Waals surface area (Å²) in [4.78, 5) is 15.7. The number of nitrogens with one attached hydrogen (secondary N) is 2. The van der Waals surface area contributed by atoms with Gasteiger partial charge in [0.05, 0.1) is 11.3 Å². The first-order valence-electron chi connectivity index (χ1n) is 5.55. The molecule has 0 fully saturated rings. The second kappa shape index (κ2) is 5.48. The van der Waals surface area contributed by atoms with Gasteiger partial charge in [0.1, 0.15) is 0 Å². The summed E-state index contributed by atoms with van der Waals surface area (Å²) in [6.45, 7) is 10.2. The Bertz CT molecular complexity index is 407. The minimum atomic E-state index is -0.144. The number of hydrogen-bond donors (Lipinski definition) is 2. The van der Waals surface area contributed by atoms with E-state index in [1.807, 2.05) is 0 Å². The summed E-state index contributed by atoms with van der Waals surface area (Å²) in [7, 11) is 0. The predicted octanol–water partition coefficient (Wildman–Crippen LogP) is 2.21. The molecule has 1 aromatic heterocycles. The molecule has 0 saturated carbocycles. The summed E-state index contributed by atoms with van der Waals surface area (Å²) in [5.41, 5.74) is 1.32. The van der Waals surface area contributed by atoms with Crippen molar-refractivity contribution in [3.05, 3.63) is 36.7 Å². The first kappa shape index (κ1) is 13.2. The van der Waals surface area contributed by atoms with Crippen LogP contribution in [0.1, 0.15) is 31.1 Å². The lowest BCUT2D eigenvalue weighted by Crippen LogP contribution is -2.27. The van der Waals surface area contributed by atoms with Gasteiger partial charge in [-0.15, -0.1) is 6.58 Å².